The van der Waals surface area contributed by atoms with E-state index in [2.05, 4.69) is 26.0 Å². The molecule has 5 rings (SSSR count). The third-order valence-corrected chi connectivity index (χ3v) is 5.54. The zero-order chi connectivity index (χ0) is 18.5. The van der Waals surface area contributed by atoms with Crippen LogP contribution in [0.25, 0.3) is 27.5 Å². The van der Waals surface area contributed by atoms with Gasteiger partial charge in [-0.3, -0.25) is 14.0 Å². The largest absolute Gasteiger partial charge is 0.477 e. The first-order valence-electron chi connectivity index (χ1n) is 8.87. The zero-order valence-electron chi connectivity index (χ0n) is 14.7. The molecule has 0 radical (unpaired) electrons. The van der Waals surface area contributed by atoms with Crippen LogP contribution in [0.5, 0.6) is 5.88 Å². The molecule has 136 valence electrons. The van der Waals surface area contributed by atoms with Gasteiger partial charge in [0, 0.05) is 42.0 Å². The van der Waals surface area contributed by atoms with Gasteiger partial charge in [0.1, 0.15) is 4.47 Å². The molecule has 3 heterocycles. The van der Waals surface area contributed by atoms with Crippen molar-refractivity contribution in [1.29, 1.82) is 0 Å². The Morgan fingerprint density at radius 2 is 2.04 bits per heavy atom. The number of pyridine rings is 2. The van der Waals surface area contributed by atoms with Gasteiger partial charge in [-0.2, -0.15) is 5.10 Å². The summed E-state index contributed by atoms with van der Waals surface area (Å²) in [6.07, 6.45) is 6.20. The molecule has 1 aromatic carbocycles. The second kappa shape index (κ2) is 6.20. The number of aryl methyl sites for hydroxylation is 1. The van der Waals surface area contributed by atoms with Crippen molar-refractivity contribution < 1.29 is 4.74 Å². The summed E-state index contributed by atoms with van der Waals surface area (Å²) in [5.41, 5.74) is 2.15. The number of halogens is 1. The maximum atomic E-state index is 12.9. The molecular weight excluding hydrogens is 408 g/mol. The SMILES string of the molecule is Cn1cc2cc(-n3cc4ccc(OCC5CC5)nc4c(Br)c3=O)ccc2n1. The first-order chi connectivity index (χ1) is 13.1. The van der Waals surface area contributed by atoms with E-state index >= 15 is 0 Å². The van der Waals surface area contributed by atoms with Crippen molar-refractivity contribution in [3.05, 3.63) is 57.6 Å². The number of fused-ring (bicyclic) bond motifs is 2. The summed E-state index contributed by atoms with van der Waals surface area (Å²) in [5.74, 6) is 1.21. The van der Waals surface area contributed by atoms with Crippen LogP contribution >= 0.6 is 15.9 Å². The number of nitrogens with zero attached hydrogens (tertiary/aromatic N) is 4. The molecule has 7 heteroatoms. The fraction of sp³-hybridized carbons (Fsp3) is 0.250. The van der Waals surface area contributed by atoms with E-state index in [1.807, 2.05) is 49.8 Å². The number of benzene rings is 1. The molecule has 1 fully saturated rings. The third-order valence-electron chi connectivity index (χ3n) is 4.83. The number of rotatable bonds is 4. The van der Waals surface area contributed by atoms with Gasteiger partial charge < -0.3 is 4.74 Å². The van der Waals surface area contributed by atoms with Crippen LogP contribution in [0.1, 0.15) is 12.8 Å². The molecule has 3 aromatic heterocycles. The quantitative estimate of drug-likeness (QED) is 0.499. The van der Waals surface area contributed by atoms with Crippen LogP contribution in [0.2, 0.25) is 0 Å². The van der Waals surface area contributed by atoms with Gasteiger partial charge in [-0.25, -0.2) is 4.98 Å². The van der Waals surface area contributed by atoms with Crippen LogP contribution in [-0.2, 0) is 7.05 Å². The Morgan fingerprint density at radius 1 is 1.19 bits per heavy atom. The number of hydrogen-bond donors (Lipinski definition) is 0. The molecule has 1 aliphatic carbocycles. The van der Waals surface area contributed by atoms with Crippen molar-refractivity contribution in [2.24, 2.45) is 13.0 Å². The number of hydrogen-bond acceptors (Lipinski definition) is 4. The van der Waals surface area contributed by atoms with E-state index in [0.29, 0.717) is 28.4 Å². The van der Waals surface area contributed by atoms with Crippen molar-refractivity contribution in [3.8, 4) is 11.6 Å². The molecule has 0 atom stereocenters. The van der Waals surface area contributed by atoms with Gasteiger partial charge in [-0.05, 0) is 59.0 Å². The Labute approximate surface area is 163 Å². The van der Waals surface area contributed by atoms with Gasteiger partial charge in [0.15, 0.2) is 0 Å². The van der Waals surface area contributed by atoms with Gasteiger partial charge >= 0.3 is 0 Å². The van der Waals surface area contributed by atoms with Gasteiger partial charge in [-0.1, -0.05) is 0 Å². The second-order valence-electron chi connectivity index (χ2n) is 7.01. The molecule has 0 N–H and O–H groups in total. The van der Waals surface area contributed by atoms with Crippen molar-refractivity contribution >= 4 is 37.7 Å². The van der Waals surface area contributed by atoms with E-state index in [9.17, 15) is 4.79 Å². The fourth-order valence-electron chi connectivity index (χ4n) is 3.18. The average molecular weight is 425 g/mol. The minimum Gasteiger partial charge on any atom is -0.477 e. The summed E-state index contributed by atoms with van der Waals surface area (Å²) in [7, 11) is 1.88. The lowest BCUT2D eigenvalue weighted by molar-refractivity contribution is 0.289. The molecule has 1 saturated carbocycles. The van der Waals surface area contributed by atoms with Gasteiger partial charge in [0.25, 0.3) is 5.56 Å². The molecule has 0 aliphatic heterocycles. The molecule has 0 unspecified atom stereocenters. The molecular formula is C20H17BrN4O2. The van der Waals surface area contributed by atoms with E-state index in [-0.39, 0.29) is 5.56 Å². The monoisotopic (exact) mass is 424 g/mol. The van der Waals surface area contributed by atoms with E-state index in [1.54, 1.807) is 9.25 Å². The summed E-state index contributed by atoms with van der Waals surface area (Å²) in [5, 5.41) is 6.23. The average Bonchev–Trinajstić information content (AvgIpc) is 3.42. The molecule has 0 amide bonds. The highest BCUT2D eigenvalue weighted by Crippen LogP contribution is 2.30. The minimum atomic E-state index is -0.155. The predicted octanol–water partition coefficient (Wildman–Crippen LogP) is 3.82. The molecule has 0 saturated heterocycles. The summed E-state index contributed by atoms with van der Waals surface area (Å²) in [4.78, 5) is 17.5. The highest BCUT2D eigenvalue weighted by molar-refractivity contribution is 9.10. The maximum Gasteiger partial charge on any atom is 0.271 e. The second-order valence-corrected chi connectivity index (χ2v) is 7.80. The van der Waals surface area contributed by atoms with Crippen molar-refractivity contribution in [2.75, 3.05) is 6.61 Å². The Balaban J connectivity index is 1.60. The number of ether oxygens (including phenoxy) is 1. The molecule has 1 aliphatic rings. The smallest absolute Gasteiger partial charge is 0.271 e. The molecule has 0 spiro atoms. The maximum absolute atomic E-state index is 12.9. The van der Waals surface area contributed by atoms with Crippen LogP contribution in [0.3, 0.4) is 0 Å². The molecule has 27 heavy (non-hydrogen) atoms. The highest BCUT2D eigenvalue weighted by Gasteiger charge is 2.22. The molecule has 0 bridgehead atoms. The van der Waals surface area contributed by atoms with Crippen molar-refractivity contribution in [1.82, 2.24) is 19.3 Å². The Bertz CT molecular complexity index is 1240. The lowest BCUT2D eigenvalue weighted by atomic mass is 10.2. The van der Waals surface area contributed by atoms with E-state index in [1.165, 1.54) is 12.8 Å². The standard InChI is InChI=1S/C20H17BrN4O2/c1-24-9-14-8-15(5-6-16(14)23-24)25-10-13-4-7-17(27-11-12-2-3-12)22-19(13)18(21)20(25)26/h4-10,12H,2-3,11H2,1H3. The first-order valence-corrected chi connectivity index (χ1v) is 9.66. The van der Waals surface area contributed by atoms with Crippen molar-refractivity contribution in [3.63, 3.8) is 0 Å². The van der Waals surface area contributed by atoms with Crippen LogP contribution in [-0.4, -0.2) is 25.9 Å². The van der Waals surface area contributed by atoms with Gasteiger partial charge in [-0.15, -0.1) is 0 Å². The predicted molar refractivity (Wildman–Crippen MR) is 108 cm³/mol. The summed E-state index contributed by atoms with van der Waals surface area (Å²) in [6, 6.07) is 9.57. The summed E-state index contributed by atoms with van der Waals surface area (Å²) in [6.45, 7) is 0.693. The van der Waals surface area contributed by atoms with Gasteiger partial charge in [0.2, 0.25) is 5.88 Å². The highest BCUT2D eigenvalue weighted by atomic mass is 79.9. The molecule has 6 nitrogen and oxygen atoms in total. The fourth-order valence-corrected chi connectivity index (χ4v) is 3.69. The molecule has 4 aromatic rings. The van der Waals surface area contributed by atoms with E-state index < -0.39 is 0 Å². The van der Waals surface area contributed by atoms with Crippen molar-refractivity contribution in [2.45, 2.75) is 12.8 Å². The Kier molecular flexibility index (Phi) is 3.79. The van der Waals surface area contributed by atoms with E-state index in [4.69, 9.17) is 4.74 Å². The van der Waals surface area contributed by atoms with Gasteiger partial charge in [0.05, 0.1) is 17.6 Å². The van der Waals surface area contributed by atoms with Crippen LogP contribution in [0.15, 0.2) is 52.0 Å². The lowest BCUT2D eigenvalue weighted by Crippen LogP contribution is -2.19. The first kappa shape index (κ1) is 16.5. The summed E-state index contributed by atoms with van der Waals surface area (Å²) >= 11 is 3.44. The lowest BCUT2D eigenvalue weighted by Gasteiger charge is -2.10. The Hall–Kier alpha value is -2.67. The normalized spacial score (nSPS) is 14.1. The van der Waals surface area contributed by atoms with Crippen LogP contribution in [0, 0.1) is 5.92 Å². The van der Waals surface area contributed by atoms with Crippen LogP contribution in [0.4, 0.5) is 0 Å². The Morgan fingerprint density at radius 3 is 2.85 bits per heavy atom. The minimum absolute atomic E-state index is 0.155. The topological polar surface area (TPSA) is 61.9 Å². The third kappa shape index (κ3) is 3.02. The van der Waals surface area contributed by atoms with E-state index in [0.717, 1.165) is 22.0 Å². The number of aromatic nitrogens is 4. The summed E-state index contributed by atoms with van der Waals surface area (Å²) < 4.78 is 9.58. The van der Waals surface area contributed by atoms with Crippen LogP contribution < -0.4 is 10.3 Å². The zero-order valence-corrected chi connectivity index (χ0v) is 16.3.